The molecule has 1 aromatic carbocycles. The molecule has 0 radical (unpaired) electrons. The maximum atomic E-state index is 12.6. The Bertz CT molecular complexity index is 710. The summed E-state index contributed by atoms with van der Waals surface area (Å²) in [6.45, 7) is 0.434. The topological polar surface area (TPSA) is 75.8 Å². The number of thiophene rings is 1. The van der Waals surface area contributed by atoms with E-state index in [1.807, 2.05) is 17.5 Å². The molecule has 0 aliphatic carbocycles. The Hall–Kier alpha value is -2.31. The number of nitrogens with two attached hydrogens (primary N) is 1. The van der Waals surface area contributed by atoms with Crippen LogP contribution in [0.2, 0.25) is 0 Å². The second kappa shape index (κ2) is 6.21. The van der Waals surface area contributed by atoms with Gasteiger partial charge in [-0.3, -0.25) is 4.79 Å². The lowest BCUT2D eigenvalue weighted by molar-refractivity contribution is -0.117. The highest BCUT2D eigenvalue weighted by Gasteiger charge is 2.30. The average Bonchev–Trinajstić information content (AvgIpc) is 3.01. The third kappa shape index (κ3) is 2.84. The number of aliphatic hydroxyl groups is 1. The molecule has 6 heteroatoms. The largest absolute Gasteiger partial charge is 0.449 e. The van der Waals surface area contributed by atoms with E-state index in [2.05, 4.69) is 0 Å². The van der Waals surface area contributed by atoms with Gasteiger partial charge in [0.25, 0.3) is 5.91 Å². The Morgan fingerprint density at radius 3 is 2.95 bits per heavy atom. The molecule has 0 unspecified atom stereocenters. The number of hydrogen-bond acceptors (Lipinski definition) is 5. The molecule has 22 heavy (non-hydrogen) atoms. The summed E-state index contributed by atoms with van der Waals surface area (Å²) in [5, 5.41) is 11.0. The van der Waals surface area contributed by atoms with Gasteiger partial charge in [0.05, 0.1) is 5.69 Å². The zero-order chi connectivity index (χ0) is 15.5. The summed E-state index contributed by atoms with van der Waals surface area (Å²) in [4.78, 5) is 15.2. The lowest BCUT2D eigenvalue weighted by Gasteiger charge is -2.30. The Morgan fingerprint density at radius 2 is 2.23 bits per heavy atom. The molecule has 3 rings (SSSR count). The van der Waals surface area contributed by atoms with E-state index in [9.17, 15) is 4.79 Å². The molecule has 0 atom stereocenters. The molecule has 1 aromatic heterocycles. The summed E-state index contributed by atoms with van der Waals surface area (Å²) in [5.41, 5.74) is 7.01. The highest BCUT2D eigenvalue weighted by atomic mass is 32.1. The van der Waals surface area contributed by atoms with Gasteiger partial charge in [-0.15, -0.1) is 11.3 Å². The van der Waals surface area contributed by atoms with Gasteiger partial charge in [-0.2, -0.15) is 0 Å². The van der Waals surface area contributed by atoms with Crippen LogP contribution in [0.15, 0.2) is 41.5 Å². The number of carbonyl (C=O) groups excluding carboxylic acids is 1. The molecule has 1 aliphatic rings. The van der Waals surface area contributed by atoms with E-state index in [0.717, 1.165) is 4.88 Å². The number of aliphatic hydroxyl groups excluding tert-OH is 1. The molecular weight excluding hydrogens is 300 g/mol. The van der Waals surface area contributed by atoms with Crippen molar-refractivity contribution in [3.63, 3.8) is 0 Å². The summed E-state index contributed by atoms with van der Waals surface area (Å²) >= 11 is 1.53. The van der Waals surface area contributed by atoms with Gasteiger partial charge in [0, 0.05) is 29.8 Å². The minimum absolute atomic E-state index is 0.0201. The fourth-order valence-corrected chi connectivity index (χ4v) is 2.93. The maximum absolute atomic E-state index is 12.6. The van der Waals surface area contributed by atoms with E-state index in [1.165, 1.54) is 11.3 Å². The van der Waals surface area contributed by atoms with Crippen LogP contribution in [0.1, 0.15) is 11.3 Å². The van der Waals surface area contributed by atoms with Crippen molar-refractivity contribution in [3.05, 3.63) is 46.3 Å². The van der Waals surface area contributed by atoms with Crippen LogP contribution in [0.3, 0.4) is 0 Å². The Kier molecular flexibility index (Phi) is 4.13. The van der Waals surface area contributed by atoms with Crippen LogP contribution in [0.4, 0.5) is 11.4 Å². The smallest absolute Gasteiger partial charge is 0.294 e. The Labute approximate surface area is 132 Å². The fourth-order valence-electron chi connectivity index (χ4n) is 2.28. The van der Waals surface area contributed by atoms with E-state index in [-0.39, 0.29) is 18.3 Å². The van der Waals surface area contributed by atoms with Crippen molar-refractivity contribution in [1.29, 1.82) is 0 Å². The summed E-state index contributed by atoms with van der Waals surface area (Å²) in [5.74, 6) is 0.646. The molecule has 1 amide bonds. The van der Waals surface area contributed by atoms with Gasteiger partial charge < -0.3 is 20.5 Å². The quantitative estimate of drug-likeness (QED) is 0.671. The second-order valence-electron chi connectivity index (χ2n) is 4.89. The first kappa shape index (κ1) is 14.6. The first-order chi connectivity index (χ1) is 10.7. The standard InChI is InChI=1S/C16H16N2O3S/c17-11-4-5-14-13(9-11)18(6-2-7-19)16(20)15(21-14)10-12-3-1-8-22-12/h1,3-5,8-10,19H,2,6-7,17H2/b15-10+. The van der Waals surface area contributed by atoms with Crippen molar-refractivity contribution in [2.45, 2.75) is 6.42 Å². The van der Waals surface area contributed by atoms with Crippen molar-refractivity contribution >= 4 is 34.7 Å². The summed E-state index contributed by atoms with van der Waals surface area (Å²) < 4.78 is 5.74. The van der Waals surface area contributed by atoms with Gasteiger partial charge in [-0.1, -0.05) is 6.07 Å². The SMILES string of the molecule is Nc1ccc2c(c1)N(CCCO)C(=O)/C(=C\c1cccs1)O2. The van der Waals surface area contributed by atoms with Gasteiger partial charge >= 0.3 is 0 Å². The zero-order valence-corrected chi connectivity index (χ0v) is 12.7. The molecular formula is C16H16N2O3S. The van der Waals surface area contributed by atoms with Crippen molar-refractivity contribution in [1.82, 2.24) is 0 Å². The van der Waals surface area contributed by atoms with Crippen LogP contribution in [0.5, 0.6) is 5.75 Å². The van der Waals surface area contributed by atoms with Crippen LogP contribution < -0.4 is 15.4 Å². The van der Waals surface area contributed by atoms with Crippen LogP contribution in [0, 0.1) is 0 Å². The number of ether oxygens (including phenoxy) is 1. The molecule has 2 aromatic rings. The predicted molar refractivity (Wildman–Crippen MR) is 87.8 cm³/mol. The number of rotatable bonds is 4. The molecule has 2 heterocycles. The molecule has 114 valence electrons. The van der Waals surface area contributed by atoms with Crippen molar-refractivity contribution in [2.75, 3.05) is 23.8 Å². The van der Waals surface area contributed by atoms with Crippen LogP contribution in [0.25, 0.3) is 6.08 Å². The molecule has 5 nitrogen and oxygen atoms in total. The molecule has 0 bridgehead atoms. The van der Waals surface area contributed by atoms with Crippen molar-refractivity contribution < 1.29 is 14.6 Å². The van der Waals surface area contributed by atoms with E-state index in [4.69, 9.17) is 15.6 Å². The van der Waals surface area contributed by atoms with E-state index >= 15 is 0 Å². The summed E-state index contributed by atoms with van der Waals surface area (Å²) in [7, 11) is 0. The molecule has 0 fully saturated rings. The first-order valence-corrected chi connectivity index (χ1v) is 7.82. The molecule has 0 spiro atoms. The predicted octanol–water partition coefficient (Wildman–Crippen LogP) is 2.48. The lowest BCUT2D eigenvalue weighted by atomic mass is 10.1. The average molecular weight is 316 g/mol. The molecule has 0 saturated heterocycles. The lowest BCUT2D eigenvalue weighted by Crippen LogP contribution is -2.38. The number of carbonyl (C=O) groups is 1. The normalized spacial score (nSPS) is 15.8. The molecule has 0 saturated carbocycles. The zero-order valence-electron chi connectivity index (χ0n) is 11.9. The molecule has 3 N–H and O–H groups in total. The van der Waals surface area contributed by atoms with Gasteiger partial charge in [-0.25, -0.2) is 0 Å². The minimum atomic E-state index is -0.222. The van der Waals surface area contributed by atoms with Crippen LogP contribution in [-0.2, 0) is 4.79 Å². The Balaban J connectivity index is 2.00. The van der Waals surface area contributed by atoms with Gasteiger partial charge in [-0.05, 0) is 36.1 Å². The maximum Gasteiger partial charge on any atom is 0.294 e. The number of anilines is 2. The van der Waals surface area contributed by atoms with Crippen LogP contribution in [-0.4, -0.2) is 24.2 Å². The first-order valence-electron chi connectivity index (χ1n) is 6.94. The van der Waals surface area contributed by atoms with E-state index in [0.29, 0.717) is 30.1 Å². The van der Waals surface area contributed by atoms with Crippen LogP contribution >= 0.6 is 11.3 Å². The van der Waals surface area contributed by atoms with Gasteiger partial charge in [0.1, 0.15) is 0 Å². The summed E-state index contributed by atoms with van der Waals surface area (Å²) in [6.07, 6.45) is 2.23. The number of amides is 1. The van der Waals surface area contributed by atoms with Crippen molar-refractivity contribution in [2.24, 2.45) is 0 Å². The second-order valence-corrected chi connectivity index (χ2v) is 5.87. The highest BCUT2D eigenvalue weighted by molar-refractivity contribution is 7.10. The summed E-state index contributed by atoms with van der Waals surface area (Å²) in [6, 6.07) is 9.05. The van der Waals surface area contributed by atoms with Gasteiger partial charge in [0.15, 0.2) is 11.5 Å². The number of nitrogen functional groups attached to an aromatic ring is 1. The highest BCUT2D eigenvalue weighted by Crippen LogP contribution is 2.37. The number of nitrogens with zero attached hydrogens (tertiary/aromatic N) is 1. The van der Waals surface area contributed by atoms with Gasteiger partial charge in [0.2, 0.25) is 0 Å². The number of fused-ring (bicyclic) bond motifs is 1. The van der Waals surface area contributed by atoms with Crippen molar-refractivity contribution in [3.8, 4) is 5.75 Å². The van der Waals surface area contributed by atoms with E-state index in [1.54, 1.807) is 29.2 Å². The molecule has 1 aliphatic heterocycles. The van der Waals surface area contributed by atoms with E-state index < -0.39 is 0 Å². The number of benzene rings is 1. The monoisotopic (exact) mass is 316 g/mol. The minimum Gasteiger partial charge on any atom is -0.449 e. The third-order valence-corrected chi connectivity index (χ3v) is 4.13. The third-order valence-electron chi connectivity index (χ3n) is 3.31. The Morgan fingerprint density at radius 1 is 1.36 bits per heavy atom. The fraction of sp³-hybridized carbons (Fsp3) is 0.188. The number of hydrogen-bond donors (Lipinski definition) is 2.